The van der Waals surface area contributed by atoms with Crippen LogP contribution in [0.25, 0.3) is 0 Å². The summed E-state index contributed by atoms with van der Waals surface area (Å²) in [6, 6.07) is 6.37. The molecule has 1 fully saturated rings. The smallest absolute Gasteiger partial charge is 0.192 e. The molecule has 1 aromatic carbocycles. The maximum atomic E-state index is 13.3. The van der Waals surface area contributed by atoms with Gasteiger partial charge >= 0.3 is 0 Å². The Kier molecular flexibility index (Phi) is 8.77. The molecule has 0 aliphatic heterocycles. The van der Waals surface area contributed by atoms with Crippen molar-refractivity contribution in [1.29, 1.82) is 0 Å². The lowest BCUT2D eigenvalue weighted by Gasteiger charge is -2.42. The van der Waals surface area contributed by atoms with E-state index in [4.69, 9.17) is 13.6 Å². The fourth-order valence-electron chi connectivity index (χ4n) is 5.43. The van der Waals surface area contributed by atoms with Crippen LogP contribution in [0.3, 0.4) is 0 Å². The number of ether oxygens (including phenoxy) is 1. The molecule has 204 valence electrons. The summed E-state index contributed by atoms with van der Waals surface area (Å²) >= 11 is 0. The molecule has 2 aliphatic carbocycles. The number of ketones is 1. The number of hydrogen-bond donors (Lipinski definition) is 0. The molecule has 6 heteroatoms. The van der Waals surface area contributed by atoms with Gasteiger partial charge in [-0.2, -0.15) is 0 Å². The number of rotatable bonds is 9. The summed E-state index contributed by atoms with van der Waals surface area (Å²) in [5.41, 5.74) is 2.68. The summed E-state index contributed by atoms with van der Waals surface area (Å²) in [5.74, 6) is 2.44. The highest BCUT2D eigenvalue weighted by Crippen LogP contribution is 2.47. The first-order chi connectivity index (χ1) is 16.5. The van der Waals surface area contributed by atoms with Crippen LogP contribution in [-0.4, -0.2) is 42.2 Å². The minimum absolute atomic E-state index is 0.0443. The molecule has 0 spiro atoms. The highest BCUT2D eigenvalue weighted by molar-refractivity contribution is 6.74. The van der Waals surface area contributed by atoms with E-state index in [2.05, 4.69) is 85.9 Å². The second-order valence-corrected chi connectivity index (χ2v) is 23.9. The summed E-state index contributed by atoms with van der Waals surface area (Å²) in [5, 5.41) is 0.308. The van der Waals surface area contributed by atoms with E-state index < -0.39 is 16.6 Å². The lowest BCUT2D eigenvalue weighted by molar-refractivity contribution is -0.121. The van der Waals surface area contributed by atoms with Gasteiger partial charge in [0, 0.05) is 12.3 Å². The van der Waals surface area contributed by atoms with Crippen LogP contribution in [-0.2, 0) is 26.5 Å². The second kappa shape index (κ2) is 10.7. The zero-order valence-electron chi connectivity index (χ0n) is 24.9. The van der Waals surface area contributed by atoms with E-state index in [1.54, 1.807) is 7.11 Å². The van der Waals surface area contributed by atoms with Gasteiger partial charge in [-0.3, -0.25) is 4.79 Å². The van der Waals surface area contributed by atoms with E-state index in [1.807, 2.05) is 0 Å². The molecule has 2 unspecified atom stereocenters. The van der Waals surface area contributed by atoms with Crippen molar-refractivity contribution in [3.63, 3.8) is 0 Å². The Morgan fingerprint density at radius 1 is 0.944 bits per heavy atom. The van der Waals surface area contributed by atoms with Crippen molar-refractivity contribution in [1.82, 2.24) is 0 Å². The Balaban J connectivity index is 1.75. The maximum absolute atomic E-state index is 13.3. The van der Waals surface area contributed by atoms with Crippen molar-refractivity contribution >= 4 is 22.4 Å². The number of Topliss-reactive ketones (excluding diaryl/α,β-unsaturated/α-hetero) is 1. The first-order valence-electron chi connectivity index (χ1n) is 14.0. The predicted molar refractivity (Wildman–Crippen MR) is 155 cm³/mol. The maximum Gasteiger partial charge on any atom is 0.192 e. The molecule has 1 saturated carbocycles. The molecule has 0 heterocycles. The Hall–Kier alpha value is -0.956. The van der Waals surface area contributed by atoms with E-state index in [-0.39, 0.29) is 22.1 Å². The molecule has 1 aromatic rings. The number of fused-ring (bicyclic) bond motifs is 2. The molecule has 2 aliphatic rings. The van der Waals surface area contributed by atoms with Crippen molar-refractivity contribution in [3.05, 3.63) is 29.3 Å². The van der Waals surface area contributed by atoms with Gasteiger partial charge in [-0.25, -0.2) is 0 Å². The summed E-state index contributed by atoms with van der Waals surface area (Å²) in [6.07, 6.45) is 4.50. The average molecular weight is 533 g/mol. The number of benzene rings is 1. The normalized spacial score (nSPS) is 23.9. The predicted octanol–water partition coefficient (Wildman–Crippen LogP) is 7.81. The summed E-state index contributed by atoms with van der Waals surface area (Å²) < 4.78 is 19.2. The third-order valence-electron chi connectivity index (χ3n) is 9.87. The molecule has 0 bridgehead atoms. The van der Waals surface area contributed by atoms with Crippen molar-refractivity contribution in [3.8, 4) is 5.75 Å². The Labute approximate surface area is 223 Å². The molecule has 3 rings (SSSR count). The number of methoxy groups -OCH3 is 1. The fourth-order valence-corrected chi connectivity index (χ4v) is 7.84. The van der Waals surface area contributed by atoms with Gasteiger partial charge in [0.1, 0.15) is 11.5 Å². The topological polar surface area (TPSA) is 44.8 Å². The van der Waals surface area contributed by atoms with Gasteiger partial charge in [-0.1, -0.05) is 53.7 Å². The largest absolute Gasteiger partial charge is 0.496 e. The number of carbonyl (C=O) groups is 1. The minimum Gasteiger partial charge on any atom is -0.496 e. The third-order valence-corrected chi connectivity index (χ3v) is 18.9. The number of carbonyl (C=O) groups excluding carboxylic acids is 1. The Morgan fingerprint density at radius 3 is 2.17 bits per heavy atom. The van der Waals surface area contributed by atoms with Crippen molar-refractivity contribution in [2.45, 2.75) is 116 Å². The quantitative estimate of drug-likeness (QED) is 0.304. The molecule has 0 aromatic heterocycles. The monoisotopic (exact) mass is 532 g/mol. The zero-order chi connectivity index (χ0) is 27.1. The molecule has 4 nitrogen and oxygen atoms in total. The second-order valence-electron chi connectivity index (χ2n) is 14.4. The van der Waals surface area contributed by atoms with Crippen LogP contribution in [0, 0.1) is 17.8 Å². The third kappa shape index (κ3) is 6.36. The SMILES string of the molecule is COc1cccc2c1C[C@H]1CC(=O)C(CCC(CO[Si](C)(C)C(C)(C)C)O[Si](C)(C)C(C)(C)C)[C@H]1C2. The fraction of sp³-hybridized carbons (Fsp3) is 0.767. The lowest BCUT2D eigenvalue weighted by atomic mass is 9.73. The van der Waals surface area contributed by atoms with Crippen LogP contribution >= 0.6 is 0 Å². The highest BCUT2D eigenvalue weighted by atomic mass is 28.4. The van der Waals surface area contributed by atoms with Crippen LogP contribution in [0.5, 0.6) is 5.75 Å². The van der Waals surface area contributed by atoms with Crippen LogP contribution in [0.4, 0.5) is 0 Å². The van der Waals surface area contributed by atoms with Gasteiger partial charge in [0.05, 0.1) is 19.8 Å². The Morgan fingerprint density at radius 2 is 1.58 bits per heavy atom. The van der Waals surface area contributed by atoms with Crippen molar-refractivity contribution < 1.29 is 18.4 Å². The zero-order valence-corrected chi connectivity index (χ0v) is 26.9. The van der Waals surface area contributed by atoms with Gasteiger partial charge in [0.15, 0.2) is 16.6 Å². The number of hydrogen-bond acceptors (Lipinski definition) is 4. The van der Waals surface area contributed by atoms with Crippen molar-refractivity contribution in [2.75, 3.05) is 13.7 Å². The van der Waals surface area contributed by atoms with Gasteiger partial charge in [-0.15, -0.1) is 0 Å². The first-order valence-corrected chi connectivity index (χ1v) is 19.8. The van der Waals surface area contributed by atoms with E-state index in [9.17, 15) is 4.79 Å². The van der Waals surface area contributed by atoms with Crippen LogP contribution < -0.4 is 4.74 Å². The summed E-state index contributed by atoms with van der Waals surface area (Å²) in [4.78, 5) is 13.3. The first kappa shape index (κ1) is 29.6. The molecule has 36 heavy (non-hydrogen) atoms. The molecular weight excluding hydrogens is 480 g/mol. The molecule has 0 amide bonds. The van der Waals surface area contributed by atoms with Crippen LogP contribution in [0.2, 0.25) is 36.3 Å². The van der Waals surface area contributed by atoms with Gasteiger partial charge in [-0.05, 0) is 91.0 Å². The van der Waals surface area contributed by atoms with E-state index in [0.29, 0.717) is 30.6 Å². The molecule has 4 atom stereocenters. The van der Waals surface area contributed by atoms with E-state index in [0.717, 1.165) is 31.4 Å². The van der Waals surface area contributed by atoms with Crippen molar-refractivity contribution in [2.24, 2.45) is 17.8 Å². The molecule has 0 saturated heterocycles. The van der Waals surface area contributed by atoms with Crippen LogP contribution in [0.15, 0.2) is 18.2 Å². The standard InChI is InChI=1S/C30H52O4Si2/c1-29(2,3)35(8,9)33-20-23(34-36(10,11)30(4,5)6)15-16-24-25-17-21-13-12-14-28(32-7)26(21)18-22(25)19-27(24)31/h12-14,22-25H,15-20H2,1-11H3/t22-,23?,24?,25-/m0/s1. The van der Waals surface area contributed by atoms with Crippen LogP contribution in [0.1, 0.15) is 71.9 Å². The lowest BCUT2D eigenvalue weighted by Crippen LogP contribution is -2.48. The Bertz CT molecular complexity index is 926. The average Bonchev–Trinajstić information content (AvgIpc) is 3.05. The molecular formula is C30H52O4Si2. The van der Waals surface area contributed by atoms with Gasteiger partial charge in [0.25, 0.3) is 0 Å². The molecule has 0 radical (unpaired) electrons. The summed E-state index contributed by atoms with van der Waals surface area (Å²) in [6.45, 7) is 23.7. The van der Waals surface area contributed by atoms with E-state index in [1.165, 1.54) is 11.1 Å². The van der Waals surface area contributed by atoms with Gasteiger partial charge < -0.3 is 13.6 Å². The summed E-state index contributed by atoms with van der Waals surface area (Å²) in [7, 11) is -2.09. The molecule has 0 N–H and O–H groups in total. The van der Waals surface area contributed by atoms with E-state index >= 15 is 0 Å². The minimum atomic E-state index is -1.96. The van der Waals surface area contributed by atoms with Gasteiger partial charge in [0.2, 0.25) is 0 Å². The highest BCUT2D eigenvalue weighted by Gasteiger charge is 2.46.